The second kappa shape index (κ2) is 13.5. The van der Waals surface area contributed by atoms with E-state index < -0.39 is 11.5 Å². The van der Waals surface area contributed by atoms with Gasteiger partial charge in [0, 0.05) is 48.4 Å². The Hall–Kier alpha value is -3.73. The van der Waals surface area contributed by atoms with E-state index in [1.165, 1.54) is 16.6 Å². The van der Waals surface area contributed by atoms with Gasteiger partial charge in [0.1, 0.15) is 5.65 Å². The Morgan fingerprint density at radius 3 is 2.82 bits per heavy atom. The molecule has 0 saturated carbocycles. The van der Waals surface area contributed by atoms with Crippen molar-refractivity contribution in [1.29, 1.82) is 0 Å². The van der Waals surface area contributed by atoms with Crippen molar-refractivity contribution in [3.63, 3.8) is 0 Å². The summed E-state index contributed by atoms with van der Waals surface area (Å²) in [6.45, 7) is 4.60. The molecule has 0 bridgehead atoms. The van der Waals surface area contributed by atoms with Crippen LogP contribution in [0.15, 0.2) is 58.4 Å². The molecule has 4 aromatic rings. The lowest BCUT2D eigenvalue weighted by Crippen LogP contribution is -2.41. The second-order valence-corrected chi connectivity index (χ2v) is 12.4. The molecule has 9 nitrogen and oxygen atoms in total. The summed E-state index contributed by atoms with van der Waals surface area (Å²) in [5.74, 6) is 0.399. The molecule has 2 aliphatic heterocycles. The lowest BCUT2D eigenvalue weighted by molar-refractivity contribution is 0.312. The number of aliphatic imine (C=N–C) groups is 1. The van der Waals surface area contributed by atoms with Crippen LogP contribution in [0.3, 0.4) is 0 Å². The highest BCUT2D eigenvalue weighted by atomic mass is 35.5. The number of benzene rings is 2. The highest BCUT2D eigenvalue weighted by Gasteiger charge is 2.22. The van der Waals surface area contributed by atoms with Crippen LogP contribution in [0.5, 0.6) is 0 Å². The van der Waals surface area contributed by atoms with Crippen molar-refractivity contribution in [3.05, 3.63) is 81.1 Å². The van der Waals surface area contributed by atoms with Gasteiger partial charge in [-0.3, -0.25) is 9.56 Å². The summed E-state index contributed by atoms with van der Waals surface area (Å²) in [6, 6.07) is 14.2. The predicted octanol–water partition coefficient (Wildman–Crippen LogP) is 4.97. The number of rotatable bonds is 10. The van der Waals surface area contributed by atoms with Crippen LogP contribution in [0.2, 0.25) is 5.02 Å². The van der Waals surface area contributed by atoms with E-state index in [4.69, 9.17) is 17.3 Å². The Bertz CT molecular complexity index is 1700. The fourth-order valence-corrected chi connectivity index (χ4v) is 6.44. The molecule has 1 fully saturated rings. The monoisotopic (exact) mass is 618 g/mol. The smallest absolute Gasteiger partial charge is 0.354 e. The van der Waals surface area contributed by atoms with E-state index in [2.05, 4.69) is 43.0 Å². The van der Waals surface area contributed by atoms with Gasteiger partial charge >= 0.3 is 5.69 Å². The average Bonchev–Trinajstić information content (AvgIpc) is 3.68. The normalized spacial score (nSPS) is 19.1. The number of nitrogens with zero attached hydrogens (tertiary/aromatic N) is 3. The molecule has 0 unspecified atom stereocenters. The molecule has 6 rings (SSSR count). The van der Waals surface area contributed by atoms with Crippen LogP contribution in [0.1, 0.15) is 62.6 Å². The van der Waals surface area contributed by atoms with Crippen molar-refractivity contribution in [2.75, 3.05) is 19.6 Å². The molecular formula is C33H40ClFN8O. The van der Waals surface area contributed by atoms with E-state index in [0.29, 0.717) is 28.3 Å². The van der Waals surface area contributed by atoms with Crippen LogP contribution >= 0.6 is 11.6 Å². The third-order valence-electron chi connectivity index (χ3n) is 8.53. The summed E-state index contributed by atoms with van der Waals surface area (Å²) in [7, 11) is 0. The quantitative estimate of drug-likeness (QED) is 0.171. The van der Waals surface area contributed by atoms with Crippen LogP contribution in [-0.4, -0.2) is 52.2 Å². The highest BCUT2D eigenvalue weighted by Crippen LogP contribution is 2.32. The van der Waals surface area contributed by atoms with Crippen LogP contribution < -0.4 is 27.4 Å². The Morgan fingerprint density at radius 2 is 2.05 bits per heavy atom. The summed E-state index contributed by atoms with van der Waals surface area (Å²) in [6.07, 6.45) is 8.68. The van der Waals surface area contributed by atoms with Crippen molar-refractivity contribution in [1.82, 2.24) is 30.5 Å². The molecule has 0 spiro atoms. The summed E-state index contributed by atoms with van der Waals surface area (Å²) in [5.41, 5.74) is 9.61. The third kappa shape index (κ3) is 6.98. The number of piperidine rings is 1. The molecule has 2 aromatic heterocycles. The zero-order chi connectivity index (χ0) is 30.6. The topological polar surface area (TPSA) is 125 Å². The minimum atomic E-state index is -0.505. The van der Waals surface area contributed by atoms with Crippen molar-refractivity contribution < 1.29 is 4.39 Å². The Labute approximate surface area is 261 Å². The first-order valence-corrected chi connectivity index (χ1v) is 16.0. The molecule has 6 N–H and O–H groups in total. The number of aromatic amines is 1. The molecule has 232 valence electrons. The second-order valence-electron chi connectivity index (χ2n) is 12.0. The minimum Gasteiger partial charge on any atom is -0.356 e. The van der Waals surface area contributed by atoms with Gasteiger partial charge in [-0.05, 0) is 86.9 Å². The first-order valence-electron chi connectivity index (χ1n) is 15.6. The summed E-state index contributed by atoms with van der Waals surface area (Å²) >= 11 is 6.27. The third-order valence-corrected chi connectivity index (χ3v) is 8.80. The van der Waals surface area contributed by atoms with Gasteiger partial charge in [-0.15, -0.1) is 0 Å². The largest absolute Gasteiger partial charge is 0.356 e. The number of H-pyrrole nitrogens is 1. The molecular weight excluding hydrogens is 579 g/mol. The number of fused-ring (bicyclic) bond motifs is 1. The molecule has 44 heavy (non-hydrogen) atoms. The van der Waals surface area contributed by atoms with Crippen LogP contribution in [-0.2, 0) is 6.42 Å². The van der Waals surface area contributed by atoms with Gasteiger partial charge in [0.15, 0.2) is 11.8 Å². The maximum absolute atomic E-state index is 15.1. The number of aryl methyl sites for hydroxylation is 1. The summed E-state index contributed by atoms with van der Waals surface area (Å²) in [5, 5.41) is 11.2. The molecule has 1 saturated heterocycles. The van der Waals surface area contributed by atoms with Crippen LogP contribution in [0.4, 0.5) is 4.39 Å². The van der Waals surface area contributed by atoms with Crippen molar-refractivity contribution in [2.45, 2.75) is 70.0 Å². The fraction of sp³-hybridized carbons (Fsp3) is 0.424. The molecule has 0 radical (unpaired) electrons. The number of nitrogens with two attached hydrogens (primary N) is 1. The fourth-order valence-electron chi connectivity index (χ4n) is 6.20. The van der Waals surface area contributed by atoms with Crippen LogP contribution in [0.25, 0.3) is 28.0 Å². The Morgan fingerprint density at radius 1 is 1.20 bits per heavy atom. The number of nitrogens with one attached hydrogen (secondary N) is 4. The number of guanidine groups is 1. The van der Waals surface area contributed by atoms with Gasteiger partial charge in [0.25, 0.3) is 0 Å². The van der Waals surface area contributed by atoms with Gasteiger partial charge in [-0.25, -0.2) is 9.18 Å². The van der Waals surface area contributed by atoms with Gasteiger partial charge < -0.3 is 26.7 Å². The van der Waals surface area contributed by atoms with Crippen molar-refractivity contribution in [2.24, 2.45) is 10.7 Å². The zero-order valence-corrected chi connectivity index (χ0v) is 25.8. The van der Waals surface area contributed by atoms with E-state index in [0.717, 1.165) is 75.4 Å². The van der Waals surface area contributed by atoms with Crippen molar-refractivity contribution in [3.8, 4) is 16.9 Å². The highest BCUT2D eigenvalue weighted by molar-refractivity contribution is 6.31. The maximum Gasteiger partial charge on any atom is 0.354 e. The number of hydrogen-bond acceptors (Lipinski definition) is 7. The van der Waals surface area contributed by atoms with Gasteiger partial charge in [-0.2, -0.15) is 4.98 Å². The molecule has 3 atom stereocenters. The van der Waals surface area contributed by atoms with E-state index >= 15 is 4.39 Å². The molecule has 11 heteroatoms. The standard InChI is InChI=1S/C33H40ClFN8O/c1-20(36)4-2-5-21-16-26(30(35)27(34)17-21)29-18-23-19-43(33(44)42-31(23)41-29)25-10-8-22(9-11-25)28-7-3-6-24(40-28)12-13-37-32-38-14-15-39-32/h8-11,16-20,24,28,40H,2-7,12-15,36H2,1H3,(H2,37,38,39)(H,41,42,44)/t20-,24+,28+/m0/s1. The van der Waals surface area contributed by atoms with E-state index in [1.54, 1.807) is 18.3 Å². The van der Waals surface area contributed by atoms with Crippen molar-refractivity contribution >= 4 is 28.6 Å². The molecule has 2 aliphatic rings. The lowest BCUT2D eigenvalue weighted by atomic mass is 9.92. The molecule has 0 amide bonds. The first kappa shape index (κ1) is 30.3. The average molecular weight is 619 g/mol. The number of halogens is 2. The molecule has 0 aliphatic carbocycles. The zero-order valence-electron chi connectivity index (χ0n) is 25.0. The molecule has 2 aromatic carbocycles. The Balaban J connectivity index is 1.16. The maximum atomic E-state index is 15.1. The van der Waals surface area contributed by atoms with E-state index in [9.17, 15) is 4.79 Å². The van der Waals surface area contributed by atoms with E-state index in [1.807, 2.05) is 25.1 Å². The van der Waals surface area contributed by atoms with Gasteiger partial charge in [-0.1, -0.05) is 30.2 Å². The Kier molecular flexibility index (Phi) is 9.30. The number of aromatic nitrogens is 3. The van der Waals surface area contributed by atoms with E-state index in [-0.39, 0.29) is 17.1 Å². The number of hydrogen-bond donors (Lipinski definition) is 5. The minimum absolute atomic E-state index is 0.0661. The van der Waals surface area contributed by atoms with Gasteiger partial charge in [0.2, 0.25) is 0 Å². The molecule has 4 heterocycles. The summed E-state index contributed by atoms with van der Waals surface area (Å²) in [4.78, 5) is 24.8. The van der Waals surface area contributed by atoms with Gasteiger partial charge in [0.05, 0.1) is 22.9 Å². The lowest BCUT2D eigenvalue weighted by Gasteiger charge is -2.31. The summed E-state index contributed by atoms with van der Waals surface area (Å²) < 4.78 is 16.7. The SMILES string of the molecule is C[C@H](N)CCCc1cc(Cl)c(F)c(-c2cc3cn(-c4ccc([C@H]5CCC[C@H](CCNC6=NCCN6)N5)cc4)c(=O)nc3[nH]2)c1. The predicted molar refractivity (Wildman–Crippen MR) is 175 cm³/mol. The van der Waals surface area contributed by atoms with Crippen LogP contribution in [0, 0.1) is 5.82 Å². The first-order chi connectivity index (χ1) is 21.3.